The molecule has 0 fully saturated rings. The predicted octanol–water partition coefficient (Wildman–Crippen LogP) is 9.51. The number of nitriles is 1. The van der Waals surface area contributed by atoms with Crippen molar-refractivity contribution < 1.29 is 23.2 Å². The Morgan fingerprint density at radius 3 is 2.33 bits per heavy atom. The van der Waals surface area contributed by atoms with Crippen LogP contribution in [0.2, 0.25) is 10.0 Å². The van der Waals surface area contributed by atoms with Crippen LogP contribution in [0.15, 0.2) is 108 Å². The lowest BCUT2D eigenvalue weighted by atomic mass is 9.94. The minimum Gasteiger partial charge on any atom is -0.489 e. The minimum atomic E-state index is -1.68. The number of ether oxygens (including phenoxy) is 3. The van der Waals surface area contributed by atoms with Crippen molar-refractivity contribution in [2.24, 2.45) is 0 Å². The Bertz CT molecular complexity index is 2540. The van der Waals surface area contributed by atoms with Crippen LogP contribution in [-0.2, 0) is 41.8 Å². The van der Waals surface area contributed by atoms with E-state index in [-0.39, 0.29) is 18.6 Å². The van der Waals surface area contributed by atoms with Crippen LogP contribution in [0, 0.1) is 25.2 Å². The minimum absolute atomic E-state index is 0.197. The van der Waals surface area contributed by atoms with Crippen molar-refractivity contribution in [3.05, 3.63) is 156 Å². The largest absolute Gasteiger partial charge is 0.489 e. The second kappa shape index (κ2) is 17.3. The number of amides is 1. The molecule has 6 aromatic rings. The summed E-state index contributed by atoms with van der Waals surface area (Å²) in [7, 11) is -1.68. The van der Waals surface area contributed by atoms with E-state index in [1.807, 2.05) is 105 Å². The molecule has 2 aliphatic rings. The normalized spacial score (nSPS) is 16.5. The Morgan fingerprint density at radius 2 is 1.64 bits per heavy atom. The van der Waals surface area contributed by atoms with Crippen molar-refractivity contribution >= 4 is 51.4 Å². The van der Waals surface area contributed by atoms with E-state index >= 15 is 0 Å². The molecule has 294 valence electrons. The number of nitrogens with one attached hydrogen (secondary N) is 1. The van der Waals surface area contributed by atoms with Gasteiger partial charge in [0, 0.05) is 18.0 Å². The summed E-state index contributed by atoms with van der Waals surface area (Å²) in [5.74, 6) is 1.71. The number of aromatic nitrogens is 1. The van der Waals surface area contributed by atoms with Crippen molar-refractivity contribution in [1.29, 1.82) is 5.26 Å². The van der Waals surface area contributed by atoms with Gasteiger partial charge in [0.2, 0.25) is 5.91 Å². The highest BCUT2D eigenvalue weighted by Crippen LogP contribution is 2.41. The first kappa shape index (κ1) is 39.6. The number of benzene rings is 5. The fraction of sp³-hybridized carbons (Fsp3) is 0.222. The lowest BCUT2D eigenvalue weighted by Gasteiger charge is -2.36. The molecule has 3 atom stereocenters. The molecule has 1 aromatic heterocycles. The van der Waals surface area contributed by atoms with Gasteiger partial charge in [0.05, 0.1) is 26.7 Å². The van der Waals surface area contributed by atoms with Gasteiger partial charge in [0.25, 0.3) is 0 Å². The number of hydrogen-bond acceptors (Lipinski definition) is 8. The van der Waals surface area contributed by atoms with Gasteiger partial charge in [-0.1, -0.05) is 77.8 Å². The SMILES string of the molecule is Cc1nc(S(=O)N2Cc3cc4c(cc3CC2C(=O)NCCc2ccc(-c3ccc(C#N)cc3)cc2)OCC(c2ccc(OCc3ccc(Cl)c(Cl)c3)cc2)O4)c(C)s1. The third-order valence-corrected chi connectivity index (χ3v) is 13.5. The van der Waals surface area contributed by atoms with Gasteiger partial charge in [-0.2, -0.15) is 5.26 Å². The van der Waals surface area contributed by atoms with E-state index < -0.39 is 17.0 Å². The zero-order valence-corrected chi connectivity index (χ0v) is 34.8. The second-order valence-electron chi connectivity index (χ2n) is 14.2. The van der Waals surface area contributed by atoms with E-state index in [1.165, 1.54) is 11.3 Å². The molecular formula is C45H38Cl2N4O5S2. The first-order valence-electron chi connectivity index (χ1n) is 18.7. The van der Waals surface area contributed by atoms with E-state index in [9.17, 15) is 9.00 Å². The summed E-state index contributed by atoms with van der Waals surface area (Å²) in [4.78, 5) is 19.4. The van der Waals surface area contributed by atoms with Crippen LogP contribution >= 0.6 is 34.5 Å². The summed E-state index contributed by atoms with van der Waals surface area (Å²) in [5, 5.41) is 14.5. The molecule has 0 radical (unpaired) electrons. The molecular weight excluding hydrogens is 812 g/mol. The summed E-state index contributed by atoms with van der Waals surface area (Å²) >= 11 is 13.7. The van der Waals surface area contributed by atoms with Crippen LogP contribution in [-0.4, -0.2) is 38.6 Å². The maximum atomic E-state index is 14.3. The van der Waals surface area contributed by atoms with Gasteiger partial charge in [-0.25, -0.2) is 13.5 Å². The molecule has 5 aromatic carbocycles. The average Bonchev–Trinajstić information content (AvgIpc) is 3.59. The number of carbonyl (C=O) groups is 1. The molecule has 13 heteroatoms. The Kier molecular flexibility index (Phi) is 11.8. The average molecular weight is 850 g/mol. The number of aryl methyl sites for hydroxylation is 2. The topological polar surface area (TPSA) is 114 Å². The highest BCUT2D eigenvalue weighted by Gasteiger charge is 2.38. The maximum Gasteiger partial charge on any atom is 0.238 e. The van der Waals surface area contributed by atoms with Crippen LogP contribution in [0.3, 0.4) is 0 Å². The highest BCUT2D eigenvalue weighted by molar-refractivity contribution is 7.82. The van der Waals surface area contributed by atoms with Crippen LogP contribution in [0.4, 0.5) is 0 Å². The molecule has 9 nitrogen and oxygen atoms in total. The van der Waals surface area contributed by atoms with Crippen molar-refractivity contribution in [2.75, 3.05) is 13.2 Å². The van der Waals surface area contributed by atoms with E-state index in [0.29, 0.717) is 70.5 Å². The van der Waals surface area contributed by atoms with E-state index in [0.717, 1.165) is 48.8 Å². The Balaban J connectivity index is 0.946. The van der Waals surface area contributed by atoms with Crippen molar-refractivity contribution in [3.63, 3.8) is 0 Å². The third kappa shape index (κ3) is 8.77. The lowest BCUT2D eigenvalue weighted by molar-refractivity contribution is -0.125. The fourth-order valence-electron chi connectivity index (χ4n) is 7.10. The molecule has 2 aliphatic heterocycles. The predicted molar refractivity (Wildman–Crippen MR) is 227 cm³/mol. The maximum absolute atomic E-state index is 14.3. The summed E-state index contributed by atoms with van der Waals surface area (Å²) in [6.07, 6.45) is 0.623. The number of thiazole rings is 1. The zero-order valence-electron chi connectivity index (χ0n) is 31.7. The van der Waals surface area contributed by atoms with E-state index in [2.05, 4.69) is 16.4 Å². The number of fused-ring (bicyclic) bond motifs is 2. The number of hydrogen-bond donors (Lipinski definition) is 1. The van der Waals surface area contributed by atoms with Crippen LogP contribution in [0.5, 0.6) is 17.2 Å². The Labute approximate surface area is 353 Å². The smallest absolute Gasteiger partial charge is 0.238 e. The van der Waals surface area contributed by atoms with Crippen molar-refractivity contribution in [3.8, 4) is 34.4 Å². The first-order valence-corrected chi connectivity index (χ1v) is 21.4. The molecule has 0 spiro atoms. The summed E-state index contributed by atoms with van der Waals surface area (Å²) in [6, 6.07) is 34.2. The van der Waals surface area contributed by atoms with Gasteiger partial charge in [-0.15, -0.1) is 11.3 Å². The van der Waals surface area contributed by atoms with E-state index in [4.69, 9.17) is 42.7 Å². The Hall–Kier alpha value is -5.22. The molecule has 1 N–H and O–H groups in total. The van der Waals surface area contributed by atoms with Crippen LogP contribution < -0.4 is 19.5 Å². The van der Waals surface area contributed by atoms with Gasteiger partial charge >= 0.3 is 0 Å². The van der Waals surface area contributed by atoms with Gasteiger partial charge < -0.3 is 19.5 Å². The number of rotatable bonds is 11. The number of carbonyl (C=O) groups excluding carboxylic acids is 1. The fourth-order valence-corrected chi connectivity index (χ4v) is 9.87. The molecule has 58 heavy (non-hydrogen) atoms. The van der Waals surface area contributed by atoms with Gasteiger partial charge in [0.1, 0.15) is 36.0 Å². The molecule has 0 saturated heterocycles. The molecule has 8 rings (SSSR count). The lowest BCUT2D eigenvalue weighted by Crippen LogP contribution is -2.51. The summed E-state index contributed by atoms with van der Waals surface area (Å²) < 4.78 is 34.7. The summed E-state index contributed by atoms with van der Waals surface area (Å²) in [5.41, 5.74) is 7.48. The van der Waals surface area contributed by atoms with Gasteiger partial charge in [-0.05, 0) is 114 Å². The van der Waals surface area contributed by atoms with Crippen molar-refractivity contribution in [1.82, 2.24) is 14.6 Å². The molecule has 0 aliphatic carbocycles. The number of nitrogens with zero attached hydrogens (tertiary/aromatic N) is 3. The van der Waals surface area contributed by atoms with Crippen LogP contribution in [0.25, 0.3) is 11.1 Å². The summed E-state index contributed by atoms with van der Waals surface area (Å²) in [6.45, 7) is 5.14. The van der Waals surface area contributed by atoms with Gasteiger partial charge in [0.15, 0.2) is 22.6 Å². The van der Waals surface area contributed by atoms with E-state index in [1.54, 1.807) is 16.4 Å². The molecule has 0 bridgehead atoms. The second-order valence-corrected chi connectivity index (χ2v) is 17.7. The zero-order chi connectivity index (χ0) is 40.3. The van der Waals surface area contributed by atoms with Crippen LogP contribution in [0.1, 0.15) is 49.4 Å². The first-order chi connectivity index (χ1) is 28.1. The molecule has 3 heterocycles. The quantitative estimate of drug-likeness (QED) is 0.138. The highest BCUT2D eigenvalue weighted by atomic mass is 35.5. The molecule has 1 amide bonds. The number of halogens is 2. The molecule has 3 unspecified atom stereocenters. The monoisotopic (exact) mass is 848 g/mol. The Morgan fingerprint density at radius 1 is 0.931 bits per heavy atom. The third-order valence-electron chi connectivity index (χ3n) is 10.2. The standard InChI is InChI=1S/C45H38Cl2N4O5S2/c1-27-45(50-28(2)57-27)58(53)51-24-36-22-42-41(55-26-43(56-42)34-12-14-37(15-13-34)54-25-31-7-16-38(46)39(47)19-31)21-35(36)20-40(51)44(52)49-18-17-29-3-8-32(9-4-29)33-10-5-30(23-48)6-11-33/h3-16,19,21-22,40,43H,17-18,20,24-26H2,1-2H3,(H,49,52). The van der Waals surface area contributed by atoms with Crippen molar-refractivity contribution in [2.45, 2.75) is 57.0 Å². The van der Waals surface area contributed by atoms with Gasteiger partial charge in [-0.3, -0.25) is 4.79 Å². The molecule has 0 saturated carbocycles.